The number of nitrogen functional groups attached to an aromatic ring is 1. The zero-order chi connectivity index (χ0) is 14.7. The highest BCUT2D eigenvalue weighted by Gasteiger charge is 2.14. The van der Waals surface area contributed by atoms with Gasteiger partial charge < -0.3 is 11.1 Å². The number of pyridine rings is 1. The summed E-state index contributed by atoms with van der Waals surface area (Å²) >= 11 is 1.79. The maximum absolute atomic E-state index is 6.04. The minimum Gasteiger partial charge on any atom is -0.398 e. The molecule has 108 valence electrons. The maximum Gasteiger partial charge on any atom is 0.0954 e. The van der Waals surface area contributed by atoms with E-state index in [9.17, 15) is 0 Å². The smallest absolute Gasteiger partial charge is 0.0954 e. The van der Waals surface area contributed by atoms with E-state index in [1.54, 1.807) is 11.3 Å². The topological polar surface area (TPSA) is 50.9 Å². The molecule has 1 unspecified atom stereocenters. The average Bonchev–Trinajstić information content (AvgIpc) is 3.04. The van der Waals surface area contributed by atoms with E-state index in [0.717, 1.165) is 35.1 Å². The van der Waals surface area contributed by atoms with Crippen molar-refractivity contribution in [3.05, 3.63) is 52.9 Å². The monoisotopic (exact) mass is 297 g/mol. The van der Waals surface area contributed by atoms with Crippen molar-refractivity contribution in [3.8, 4) is 0 Å². The zero-order valence-corrected chi connectivity index (χ0v) is 12.9. The first-order valence-corrected chi connectivity index (χ1v) is 8.10. The van der Waals surface area contributed by atoms with Gasteiger partial charge in [-0.2, -0.15) is 0 Å². The predicted octanol–water partition coefficient (Wildman–Crippen LogP) is 4.83. The first kappa shape index (κ1) is 13.9. The van der Waals surface area contributed by atoms with E-state index < -0.39 is 0 Å². The summed E-state index contributed by atoms with van der Waals surface area (Å²) in [7, 11) is 0. The Morgan fingerprint density at radius 1 is 1.24 bits per heavy atom. The van der Waals surface area contributed by atoms with Crippen LogP contribution in [0.1, 0.15) is 30.7 Å². The van der Waals surface area contributed by atoms with E-state index in [0.29, 0.717) is 6.04 Å². The van der Waals surface area contributed by atoms with Crippen molar-refractivity contribution < 1.29 is 0 Å². The SMILES string of the molecule is CCCC(Nc1ccc(N)c2cccnc12)c1cccs1. The molecule has 0 aliphatic carbocycles. The second-order valence-electron chi connectivity index (χ2n) is 5.10. The zero-order valence-electron chi connectivity index (χ0n) is 12.0. The summed E-state index contributed by atoms with van der Waals surface area (Å²) in [6.45, 7) is 2.21. The van der Waals surface area contributed by atoms with Gasteiger partial charge in [0, 0.05) is 22.1 Å². The number of hydrogen-bond donors (Lipinski definition) is 2. The van der Waals surface area contributed by atoms with Gasteiger partial charge in [-0.1, -0.05) is 19.4 Å². The fourth-order valence-electron chi connectivity index (χ4n) is 2.56. The van der Waals surface area contributed by atoms with E-state index in [-0.39, 0.29) is 0 Å². The Hall–Kier alpha value is -2.07. The van der Waals surface area contributed by atoms with E-state index in [1.165, 1.54) is 4.88 Å². The Bertz CT molecular complexity index is 722. The van der Waals surface area contributed by atoms with E-state index >= 15 is 0 Å². The lowest BCUT2D eigenvalue weighted by Gasteiger charge is -2.19. The molecular weight excluding hydrogens is 278 g/mol. The van der Waals surface area contributed by atoms with Crippen LogP contribution in [0.4, 0.5) is 11.4 Å². The molecule has 4 heteroatoms. The number of benzene rings is 1. The van der Waals surface area contributed by atoms with Gasteiger partial charge >= 0.3 is 0 Å². The second kappa shape index (κ2) is 6.14. The molecule has 0 saturated heterocycles. The summed E-state index contributed by atoms with van der Waals surface area (Å²) in [5.74, 6) is 0. The summed E-state index contributed by atoms with van der Waals surface area (Å²) < 4.78 is 0. The molecule has 0 aliphatic rings. The Morgan fingerprint density at radius 2 is 2.14 bits per heavy atom. The van der Waals surface area contributed by atoms with Crippen LogP contribution in [0.5, 0.6) is 0 Å². The highest BCUT2D eigenvalue weighted by atomic mass is 32.1. The largest absolute Gasteiger partial charge is 0.398 e. The molecule has 0 radical (unpaired) electrons. The highest BCUT2D eigenvalue weighted by molar-refractivity contribution is 7.10. The summed E-state index contributed by atoms with van der Waals surface area (Å²) in [5, 5.41) is 6.77. The third-order valence-corrected chi connectivity index (χ3v) is 4.58. The molecule has 1 aromatic carbocycles. The van der Waals surface area contributed by atoms with Gasteiger partial charge in [-0.25, -0.2) is 0 Å². The normalized spacial score (nSPS) is 12.4. The van der Waals surface area contributed by atoms with Crippen LogP contribution in [-0.4, -0.2) is 4.98 Å². The lowest BCUT2D eigenvalue weighted by molar-refractivity contribution is 0.688. The molecule has 0 bridgehead atoms. The number of rotatable bonds is 5. The predicted molar refractivity (Wildman–Crippen MR) is 91.7 cm³/mol. The number of nitrogens with zero attached hydrogens (tertiary/aromatic N) is 1. The molecule has 3 nitrogen and oxygen atoms in total. The first-order chi connectivity index (χ1) is 10.3. The summed E-state index contributed by atoms with van der Waals surface area (Å²) in [5.41, 5.74) is 8.80. The quantitative estimate of drug-likeness (QED) is 0.663. The minimum atomic E-state index is 0.323. The third kappa shape index (κ3) is 2.85. The number of nitrogens with one attached hydrogen (secondary N) is 1. The fraction of sp³-hybridized carbons (Fsp3) is 0.235. The molecule has 3 N–H and O–H groups in total. The average molecular weight is 297 g/mol. The standard InChI is InChI=1S/C17H19N3S/c1-2-5-14(16-7-4-11-21-16)20-15-9-8-13(18)12-6-3-10-19-17(12)15/h3-4,6-11,14,20H,2,5,18H2,1H3. The minimum absolute atomic E-state index is 0.323. The van der Waals surface area contributed by atoms with Gasteiger partial charge in [-0.05, 0) is 42.1 Å². The Balaban J connectivity index is 1.98. The molecule has 0 saturated carbocycles. The number of fused-ring (bicyclic) bond motifs is 1. The molecule has 0 spiro atoms. The van der Waals surface area contributed by atoms with E-state index in [1.807, 2.05) is 30.5 Å². The molecule has 1 atom stereocenters. The first-order valence-electron chi connectivity index (χ1n) is 7.22. The second-order valence-corrected chi connectivity index (χ2v) is 6.08. The lowest BCUT2D eigenvalue weighted by atomic mass is 10.1. The van der Waals surface area contributed by atoms with Crippen molar-refractivity contribution in [3.63, 3.8) is 0 Å². The van der Waals surface area contributed by atoms with Gasteiger partial charge in [-0.3, -0.25) is 4.98 Å². The van der Waals surface area contributed by atoms with Crippen LogP contribution < -0.4 is 11.1 Å². The molecule has 0 amide bonds. The van der Waals surface area contributed by atoms with Crippen molar-refractivity contribution in [2.75, 3.05) is 11.1 Å². The number of anilines is 2. The van der Waals surface area contributed by atoms with Crippen LogP contribution in [0.2, 0.25) is 0 Å². The van der Waals surface area contributed by atoms with Crippen molar-refractivity contribution in [1.29, 1.82) is 0 Å². The van der Waals surface area contributed by atoms with Crippen LogP contribution in [-0.2, 0) is 0 Å². The number of thiophene rings is 1. The Morgan fingerprint density at radius 3 is 2.90 bits per heavy atom. The van der Waals surface area contributed by atoms with Gasteiger partial charge in [0.25, 0.3) is 0 Å². The molecule has 0 aliphatic heterocycles. The fourth-order valence-corrected chi connectivity index (χ4v) is 3.38. The van der Waals surface area contributed by atoms with Crippen LogP contribution >= 0.6 is 11.3 Å². The van der Waals surface area contributed by atoms with Gasteiger partial charge in [0.05, 0.1) is 17.2 Å². The lowest BCUT2D eigenvalue weighted by Crippen LogP contribution is -2.10. The van der Waals surface area contributed by atoms with Crippen LogP contribution in [0.3, 0.4) is 0 Å². The van der Waals surface area contributed by atoms with Gasteiger partial charge in [-0.15, -0.1) is 11.3 Å². The summed E-state index contributed by atoms with van der Waals surface area (Å²) in [6.07, 6.45) is 4.04. The van der Waals surface area contributed by atoms with Gasteiger partial charge in [0.2, 0.25) is 0 Å². The maximum atomic E-state index is 6.04. The van der Waals surface area contributed by atoms with Gasteiger partial charge in [0.15, 0.2) is 0 Å². The molecule has 2 aromatic heterocycles. The molecular formula is C17H19N3S. The molecule has 2 heterocycles. The molecule has 3 rings (SSSR count). The Labute approximate surface area is 128 Å². The van der Waals surface area contributed by atoms with Crippen molar-refractivity contribution >= 4 is 33.6 Å². The number of nitrogens with two attached hydrogens (primary N) is 1. The summed E-state index contributed by atoms with van der Waals surface area (Å²) in [4.78, 5) is 5.86. The summed E-state index contributed by atoms with van der Waals surface area (Å²) in [6, 6.07) is 12.5. The van der Waals surface area contributed by atoms with Crippen LogP contribution in [0.15, 0.2) is 48.0 Å². The Kier molecular flexibility index (Phi) is 4.06. The molecule has 21 heavy (non-hydrogen) atoms. The van der Waals surface area contributed by atoms with Crippen LogP contribution in [0.25, 0.3) is 10.9 Å². The van der Waals surface area contributed by atoms with E-state index in [2.05, 4.69) is 34.7 Å². The third-order valence-electron chi connectivity index (χ3n) is 3.60. The number of aromatic nitrogens is 1. The van der Waals surface area contributed by atoms with Crippen molar-refractivity contribution in [1.82, 2.24) is 4.98 Å². The highest BCUT2D eigenvalue weighted by Crippen LogP contribution is 2.32. The molecule has 0 fully saturated rings. The number of hydrogen-bond acceptors (Lipinski definition) is 4. The van der Waals surface area contributed by atoms with Crippen LogP contribution in [0, 0.1) is 0 Å². The van der Waals surface area contributed by atoms with Crippen molar-refractivity contribution in [2.45, 2.75) is 25.8 Å². The molecule has 3 aromatic rings. The van der Waals surface area contributed by atoms with Crippen molar-refractivity contribution in [2.24, 2.45) is 0 Å². The van der Waals surface area contributed by atoms with Gasteiger partial charge in [0.1, 0.15) is 0 Å². The van der Waals surface area contributed by atoms with E-state index in [4.69, 9.17) is 5.73 Å².